The minimum atomic E-state index is -0.0928. The number of methoxy groups -OCH3 is 1. The first-order valence-corrected chi connectivity index (χ1v) is 5.70. The standard InChI is InChI=1S/C13H17NO2/c1-3-4-7-14-9-10-5-6-12(14)11(8-10)13(15)16-2/h1,5-6,10-12H,4,7-9H2,2H3/t10-,11-,12+/m0/s1. The molecule has 0 aromatic rings. The quantitative estimate of drug-likeness (QED) is 0.404. The Labute approximate surface area is 96.5 Å². The van der Waals surface area contributed by atoms with Crippen molar-refractivity contribution in [3.8, 4) is 12.3 Å². The molecule has 3 atom stereocenters. The molecule has 0 spiro atoms. The van der Waals surface area contributed by atoms with Gasteiger partial charge in [-0.2, -0.15) is 0 Å². The molecule has 0 unspecified atom stereocenters. The Bertz CT molecular complexity index is 342. The first-order valence-electron chi connectivity index (χ1n) is 5.70. The number of terminal acetylenes is 1. The van der Waals surface area contributed by atoms with Crippen LogP contribution in [0.1, 0.15) is 12.8 Å². The monoisotopic (exact) mass is 219 g/mol. The van der Waals surface area contributed by atoms with Crippen LogP contribution in [0.25, 0.3) is 0 Å². The molecule has 2 heterocycles. The lowest BCUT2D eigenvalue weighted by molar-refractivity contribution is -0.150. The molecule has 3 aliphatic rings. The third-order valence-corrected chi connectivity index (χ3v) is 3.49. The second-order valence-corrected chi connectivity index (χ2v) is 4.45. The fraction of sp³-hybridized carbons (Fsp3) is 0.615. The van der Waals surface area contributed by atoms with Gasteiger partial charge in [-0.05, 0) is 12.3 Å². The van der Waals surface area contributed by atoms with E-state index in [-0.39, 0.29) is 17.9 Å². The average molecular weight is 219 g/mol. The molecule has 3 nitrogen and oxygen atoms in total. The number of esters is 1. The lowest BCUT2D eigenvalue weighted by Crippen LogP contribution is -2.53. The van der Waals surface area contributed by atoms with E-state index in [9.17, 15) is 4.79 Å². The van der Waals surface area contributed by atoms with Gasteiger partial charge in [0.1, 0.15) is 0 Å². The maximum absolute atomic E-state index is 11.7. The zero-order valence-corrected chi connectivity index (χ0v) is 9.56. The Morgan fingerprint density at radius 1 is 1.62 bits per heavy atom. The molecule has 0 aromatic heterocycles. The van der Waals surface area contributed by atoms with Gasteiger partial charge in [0.25, 0.3) is 0 Å². The van der Waals surface area contributed by atoms with E-state index < -0.39 is 0 Å². The summed E-state index contributed by atoms with van der Waals surface area (Å²) in [6.45, 7) is 1.89. The normalized spacial score (nSPS) is 32.4. The van der Waals surface area contributed by atoms with Crippen molar-refractivity contribution < 1.29 is 9.53 Å². The molecule has 1 fully saturated rings. The van der Waals surface area contributed by atoms with Gasteiger partial charge in [0.2, 0.25) is 0 Å². The first-order chi connectivity index (χ1) is 7.76. The number of piperidine rings is 1. The predicted molar refractivity (Wildman–Crippen MR) is 61.6 cm³/mol. The Kier molecular flexibility index (Phi) is 3.31. The van der Waals surface area contributed by atoms with Crippen LogP contribution in [0.2, 0.25) is 0 Å². The summed E-state index contributed by atoms with van der Waals surface area (Å²) < 4.78 is 4.86. The summed E-state index contributed by atoms with van der Waals surface area (Å²) in [7, 11) is 1.46. The molecule has 2 aliphatic heterocycles. The summed E-state index contributed by atoms with van der Waals surface area (Å²) >= 11 is 0. The van der Waals surface area contributed by atoms with Crippen molar-refractivity contribution in [2.75, 3.05) is 20.2 Å². The lowest BCUT2D eigenvalue weighted by atomic mass is 9.77. The van der Waals surface area contributed by atoms with Crippen molar-refractivity contribution >= 4 is 5.97 Å². The maximum atomic E-state index is 11.7. The summed E-state index contributed by atoms with van der Waals surface area (Å²) in [5.74, 6) is 3.03. The van der Waals surface area contributed by atoms with Gasteiger partial charge in [-0.15, -0.1) is 12.3 Å². The Morgan fingerprint density at radius 2 is 2.44 bits per heavy atom. The van der Waals surface area contributed by atoms with Gasteiger partial charge in [-0.1, -0.05) is 12.2 Å². The molecule has 0 amide bonds. The molecule has 0 radical (unpaired) electrons. The fourth-order valence-corrected chi connectivity index (χ4v) is 2.72. The van der Waals surface area contributed by atoms with Gasteiger partial charge in [0.05, 0.1) is 13.0 Å². The third-order valence-electron chi connectivity index (χ3n) is 3.49. The topological polar surface area (TPSA) is 29.5 Å². The van der Waals surface area contributed by atoms with E-state index in [4.69, 9.17) is 11.2 Å². The van der Waals surface area contributed by atoms with E-state index >= 15 is 0 Å². The van der Waals surface area contributed by atoms with Gasteiger partial charge in [0.15, 0.2) is 0 Å². The minimum absolute atomic E-state index is 0.00785. The van der Waals surface area contributed by atoms with E-state index in [0.717, 1.165) is 25.9 Å². The SMILES string of the molecule is C#CCCN1C[C@H]2C=C[C@@H]1[C@@H](C(=O)OC)C2. The summed E-state index contributed by atoms with van der Waals surface area (Å²) in [6.07, 6.45) is 11.3. The van der Waals surface area contributed by atoms with E-state index in [1.165, 1.54) is 7.11 Å². The van der Waals surface area contributed by atoms with Crippen LogP contribution in [0.15, 0.2) is 12.2 Å². The van der Waals surface area contributed by atoms with E-state index in [0.29, 0.717) is 5.92 Å². The zero-order valence-electron chi connectivity index (χ0n) is 9.56. The van der Waals surface area contributed by atoms with Gasteiger partial charge in [-0.3, -0.25) is 9.69 Å². The Hall–Kier alpha value is -1.27. The van der Waals surface area contributed by atoms with Crippen molar-refractivity contribution in [1.82, 2.24) is 4.90 Å². The molecule has 86 valence electrons. The van der Waals surface area contributed by atoms with Crippen molar-refractivity contribution in [1.29, 1.82) is 0 Å². The number of rotatable bonds is 3. The highest BCUT2D eigenvalue weighted by atomic mass is 16.5. The van der Waals surface area contributed by atoms with Crippen LogP contribution in [0.5, 0.6) is 0 Å². The molecule has 16 heavy (non-hydrogen) atoms. The van der Waals surface area contributed by atoms with Crippen molar-refractivity contribution in [3.05, 3.63) is 12.2 Å². The highest BCUT2D eigenvalue weighted by molar-refractivity contribution is 5.74. The Morgan fingerprint density at radius 3 is 3.06 bits per heavy atom. The van der Waals surface area contributed by atoms with Crippen LogP contribution < -0.4 is 0 Å². The Balaban J connectivity index is 2.07. The molecule has 0 N–H and O–H groups in total. The molecular formula is C13H17NO2. The molecule has 0 saturated carbocycles. The molecule has 3 heteroatoms. The lowest BCUT2D eigenvalue weighted by Gasteiger charge is -2.45. The van der Waals surface area contributed by atoms with Crippen LogP contribution >= 0.6 is 0 Å². The number of carbonyl (C=O) groups is 1. The van der Waals surface area contributed by atoms with Crippen LogP contribution in [-0.2, 0) is 9.53 Å². The van der Waals surface area contributed by atoms with E-state index in [2.05, 4.69) is 23.0 Å². The summed E-state index contributed by atoms with van der Waals surface area (Å²) in [5.41, 5.74) is 0. The fourth-order valence-electron chi connectivity index (χ4n) is 2.72. The molecule has 1 saturated heterocycles. The van der Waals surface area contributed by atoms with E-state index in [1.54, 1.807) is 0 Å². The second kappa shape index (κ2) is 4.71. The number of fused-ring (bicyclic) bond motifs is 2. The number of ether oxygens (including phenoxy) is 1. The van der Waals surface area contributed by atoms with Crippen LogP contribution in [-0.4, -0.2) is 37.1 Å². The third kappa shape index (κ3) is 1.98. The molecule has 3 rings (SSSR count). The smallest absolute Gasteiger partial charge is 0.310 e. The molecular weight excluding hydrogens is 202 g/mol. The number of nitrogens with zero attached hydrogens (tertiary/aromatic N) is 1. The van der Waals surface area contributed by atoms with Gasteiger partial charge < -0.3 is 4.74 Å². The first kappa shape index (κ1) is 11.2. The molecule has 2 bridgehead atoms. The van der Waals surface area contributed by atoms with Crippen LogP contribution in [0.3, 0.4) is 0 Å². The number of hydrogen-bond donors (Lipinski definition) is 0. The summed E-state index contributed by atoms with van der Waals surface area (Å²) in [5, 5.41) is 0. The van der Waals surface area contributed by atoms with Crippen molar-refractivity contribution in [2.45, 2.75) is 18.9 Å². The summed E-state index contributed by atoms with van der Waals surface area (Å²) in [4.78, 5) is 14.0. The highest BCUT2D eigenvalue weighted by Gasteiger charge is 2.41. The minimum Gasteiger partial charge on any atom is -0.469 e. The van der Waals surface area contributed by atoms with Crippen LogP contribution in [0, 0.1) is 24.2 Å². The largest absolute Gasteiger partial charge is 0.469 e. The second-order valence-electron chi connectivity index (χ2n) is 4.45. The van der Waals surface area contributed by atoms with Gasteiger partial charge in [-0.25, -0.2) is 0 Å². The zero-order chi connectivity index (χ0) is 11.5. The predicted octanol–water partition coefficient (Wildman–Crippen LogP) is 1.06. The van der Waals surface area contributed by atoms with Crippen molar-refractivity contribution in [3.63, 3.8) is 0 Å². The highest BCUT2D eigenvalue weighted by Crippen LogP contribution is 2.34. The maximum Gasteiger partial charge on any atom is 0.310 e. The molecule has 1 aliphatic carbocycles. The number of carbonyl (C=O) groups excluding carboxylic acids is 1. The van der Waals surface area contributed by atoms with E-state index in [1.807, 2.05) is 0 Å². The molecule has 0 aromatic carbocycles. The summed E-state index contributed by atoms with van der Waals surface area (Å²) in [6, 6.07) is 0.186. The van der Waals surface area contributed by atoms with Crippen LogP contribution in [0.4, 0.5) is 0 Å². The van der Waals surface area contributed by atoms with Gasteiger partial charge >= 0.3 is 5.97 Å². The average Bonchev–Trinajstić information content (AvgIpc) is 2.35. The van der Waals surface area contributed by atoms with Crippen molar-refractivity contribution in [2.24, 2.45) is 11.8 Å². The van der Waals surface area contributed by atoms with Gasteiger partial charge in [0, 0.05) is 25.6 Å². The number of hydrogen-bond acceptors (Lipinski definition) is 3.